The standard InChI is InChI=1S/C18H19NO3S/c1-11-8-12(2)17(13(3)9-11)19-16(20)10-23-15-7-5-4-6-14(15)18(21)22/h4-9H,10H2,1-3H3,(H,19,20)(H,21,22). The summed E-state index contributed by atoms with van der Waals surface area (Å²) in [5.74, 6) is -0.971. The molecule has 120 valence electrons. The van der Waals surface area contributed by atoms with Gasteiger partial charge in [-0.05, 0) is 44.0 Å². The summed E-state index contributed by atoms with van der Waals surface area (Å²) in [5, 5.41) is 12.1. The first-order valence-corrected chi connectivity index (χ1v) is 8.20. The molecule has 0 saturated carbocycles. The van der Waals surface area contributed by atoms with Crippen molar-refractivity contribution in [2.45, 2.75) is 25.7 Å². The van der Waals surface area contributed by atoms with Crippen LogP contribution in [0.5, 0.6) is 0 Å². The van der Waals surface area contributed by atoms with E-state index in [-0.39, 0.29) is 17.2 Å². The van der Waals surface area contributed by atoms with Crippen molar-refractivity contribution in [2.24, 2.45) is 0 Å². The predicted octanol–water partition coefficient (Wildman–Crippen LogP) is 4.04. The second-order valence-electron chi connectivity index (χ2n) is 5.41. The van der Waals surface area contributed by atoms with Crippen LogP contribution < -0.4 is 5.32 Å². The zero-order chi connectivity index (χ0) is 17.0. The highest BCUT2D eigenvalue weighted by Crippen LogP contribution is 2.25. The van der Waals surface area contributed by atoms with Gasteiger partial charge in [0, 0.05) is 10.6 Å². The third-order valence-corrected chi connectivity index (χ3v) is 4.49. The van der Waals surface area contributed by atoms with Crippen LogP contribution in [-0.2, 0) is 4.79 Å². The predicted molar refractivity (Wildman–Crippen MR) is 93.4 cm³/mol. The van der Waals surface area contributed by atoms with E-state index in [1.807, 2.05) is 32.9 Å². The maximum Gasteiger partial charge on any atom is 0.336 e. The van der Waals surface area contributed by atoms with E-state index < -0.39 is 5.97 Å². The average Bonchev–Trinajstić information content (AvgIpc) is 2.49. The molecule has 0 radical (unpaired) electrons. The van der Waals surface area contributed by atoms with Gasteiger partial charge in [0.25, 0.3) is 0 Å². The van der Waals surface area contributed by atoms with Gasteiger partial charge < -0.3 is 10.4 Å². The Morgan fingerprint density at radius 1 is 1.09 bits per heavy atom. The molecule has 0 aliphatic carbocycles. The maximum atomic E-state index is 12.2. The molecule has 0 bridgehead atoms. The first-order chi connectivity index (χ1) is 10.9. The molecule has 2 aromatic rings. The largest absolute Gasteiger partial charge is 0.478 e. The van der Waals surface area contributed by atoms with E-state index in [0.717, 1.165) is 22.4 Å². The SMILES string of the molecule is Cc1cc(C)c(NC(=O)CSc2ccccc2C(=O)O)c(C)c1. The van der Waals surface area contributed by atoms with Crippen molar-refractivity contribution in [1.29, 1.82) is 0 Å². The minimum Gasteiger partial charge on any atom is -0.478 e. The molecule has 2 N–H and O–H groups in total. The summed E-state index contributed by atoms with van der Waals surface area (Å²) in [5.41, 5.74) is 4.24. The van der Waals surface area contributed by atoms with Gasteiger partial charge in [-0.2, -0.15) is 0 Å². The quantitative estimate of drug-likeness (QED) is 0.813. The van der Waals surface area contributed by atoms with Crippen LogP contribution in [0.25, 0.3) is 0 Å². The van der Waals surface area contributed by atoms with Gasteiger partial charge in [0.2, 0.25) is 5.91 Å². The molecule has 4 nitrogen and oxygen atoms in total. The molecule has 2 rings (SSSR count). The van der Waals surface area contributed by atoms with Crippen LogP contribution in [-0.4, -0.2) is 22.7 Å². The number of aromatic carboxylic acids is 1. The van der Waals surface area contributed by atoms with E-state index in [1.54, 1.807) is 18.2 Å². The van der Waals surface area contributed by atoms with Crippen LogP contribution >= 0.6 is 11.8 Å². The fourth-order valence-electron chi connectivity index (χ4n) is 2.47. The summed E-state index contributed by atoms with van der Waals surface area (Å²) < 4.78 is 0. The second kappa shape index (κ2) is 7.33. The number of hydrogen-bond donors (Lipinski definition) is 2. The molecule has 0 aliphatic rings. The molecule has 0 unspecified atom stereocenters. The molecule has 0 heterocycles. The number of amides is 1. The van der Waals surface area contributed by atoms with Crippen molar-refractivity contribution in [2.75, 3.05) is 11.1 Å². The minimum atomic E-state index is -0.987. The van der Waals surface area contributed by atoms with E-state index in [2.05, 4.69) is 5.32 Å². The highest BCUT2D eigenvalue weighted by molar-refractivity contribution is 8.00. The number of thioether (sulfide) groups is 1. The molecule has 0 aliphatic heterocycles. The molecule has 0 aromatic heterocycles. The Kier molecular flexibility index (Phi) is 5.45. The fourth-order valence-corrected chi connectivity index (χ4v) is 3.31. The normalized spacial score (nSPS) is 10.4. The molecule has 0 spiro atoms. The minimum absolute atomic E-state index is 0.148. The second-order valence-corrected chi connectivity index (χ2v) is 6.43. The Morgan fingerprint density at radius 2 is 1.70 bits per heavy atom. The highest BCUT2D eigenvalue weighted by atomic mass is 32.2. The molecular weight excluding hydrogens is 310 g/mol. The van der Waals surface area contributed by atoms with Crippen molar-refractivity contribution >= 4 is 29.3 Å². The molecule has 5 heteroatoms. The smallest absolute Gasteiger partial charge is 0.336 e. The van der Waals surface area contributed by atoms with E-state index in [1.165, 1.54) is 17.8 Å². The third-order valence-electron chi connectivity index (χ3n) is 3.42. The van der Waals surface area contributed by atoms with E-state index in [9.17, 15) is 9.59 Å². The van der Waals surface area contributed by atoms with Gasteiger partial charge in [0.15, 0.2) is 0 Å². The summed E-state index contributed by atoms with van der Waals surface area (Å²) in [6.45, 7) is 5.94. The van der Waals surface area contributed by atoms with Gasteiger partial charge in [-0.3, -0.25) is 4.79 Å². The summed E-state index contributed by atoms with van der Waals surface area (Å²) in [4.78, 5) is 23.9. The van der Waals surface area contributed by atoms with Gasteiger partial charge in [0.1, 0.15) is 0 Å². The number of anilines is 1. The van der Waals surface area contributed by atoms with Crippen LogP contribution in [0.3, 0.4) is 0 Å². The molecule has 2 aromatic carbocycles. The lowest BCUT2D eigenvalue weighted by molar-refractivity contribution is -0.113. The van der Waals surface area contributed by atoms with E-state index >= 15 is 0 Å². The summed E-state index contributed by atoms with van der Waals surface area (Å²) in [7, 11) is 0. The Hall–Kier alpha value is -2.27. The van der Waals surface area contributed by atoms with Crippen LogP contribution in [0.4, 0.5) is 5.69 Å². The van der Waals surface area contributed by atoms with Crippen molar-refractivity contribution in [3.8, 4) is 0 Å². The van der Waals surface area contributed by atoms with E-state index in [0.29, 0.717) is 4.90 Å². The van der Waals surface area contributed by atoms with Crippen LogP contribution in [0.2, 0.25) is 0 Å². The number of carbonyl (C=O) groups is 2. The number of nitrogens with one attached hydrogen (secondary N) is 1. The van der Waals surface area contributed by atoms with Gasteiger partial charge in [-0.15, -0.1) is 11.8 Å². The number of hydrogen-bond acceptors (Lipinski definition) is 3. The molecule has 1 amide bonds. The number of carboxylic acids is 1. The Morgan fingerprint density at radius 3 is 2.30 bits per heavy atom. The van der Waals surface area contributed by atoms with Crippen LogP contribution in [0.15, 0.2) is 41.3 Å². The van der Waals surface area contributed by atoms with Crippen molar-refractivity contribution in [3.63, 3.8) is 0 Å². The van der Waals surface area contributed by atoms with Gasteiger partial charge in [-0.25, -0.2) is 4.79 Å². The molecule has 23 heavy (non-hydrogen) atoms. The topological polar surface area (TPSA) is 66.4 Å². The lowest BCUT2D eigenvalue weighted by Gasteiger charge is -2.13. The Balaban J connectivity index is 2.06. The zero-order valence-electron chi connectivity index (χ0n) is 13.3. The molecular formula is C18H19NO3S. The lowest BCUT2D eigenvalue weighted by atomic mass is 10.1. The molecule has 0 saturated heterocycles. The van der Waals surface area contributed by atoms with E-state index in [4.69, 9.17) is 5.11 Å². The zero-order valence-corrected chi connectivity index (χ0v) is 14.2. The van der Waals surface area contributed by atoms with Gasteiger partial charge >= 0.3 is 5.97 Å². The van der Waals surface area contributed by atoms with Crippen molar-refractivity contribution < 1.29 is 14.7 Å². The fraction of sp³-hybridized carbons (Fsp3) is 0.222. The summed E-state index contributed by atoms with van der Waals surface area (Å²) in [6.07, 6.45) is 0. The van der Waals surface area contributed by atoms with Crippen LogP contribution in [0.1, 0.15) is 27.0 Å². The van der Waals surface area contributed by atoms with Crippen LogP contribution in [0, 0.1) is 20.8 Å². The Labute approximate surface area is 139 Å². The highest BCUT2D eigenvalue weighted by Gasteiger charge is 2.12. The van der Waals surface area contributed by atoms with Gasteiger partial charge in [0.05, 0.1) is 11.3 Å². The van der Waals surface area contributed by atoms with Gasteiger partial charge in [-0.1, -0.05) is 29.8 Å². The molecule has 0 atom stereocenters. The first-order valence-electron chi connectivity index (χ1n) is 7.21. The summed E-state index contributed by atoms with van der Waals surface area (Å²) >= 11 is 1.22. The third kappa shape index (κ3) is 4.36. The Bertz CT molecular complexity index is 733. The monoisotopic (exact) mass is 329 g/mol. The molecule has 0 fully saturated rings. The number of rotatable bonds is 5. The number of benzene rings is 2. The van der Waals surface area contributed by atoms with Crippen molar-refractivity contribution in [1.82, 2.24) is 0 Å². The number of carbonyl (C=O) groups excluding carboxylic acids is 1. The number of carboxylic acid groups (broad SMARTS) is 1. The lowest BCUT2D eigenvalue weighted by Crippen LogP contribution is -2.16. The first kappa shape index (κ1) is 17.1. The van der Waals surface area contributed by atoms with Crippen molar-refractivity contribution in [3.05, 3.63) is 58.7 Å². The summed E-state index contributed by atoms with van der Waals surface area (Å²) in [6, 6.07) is 10.7. The number of aryl methyl sites for hydroxylation is 3. The average molecular weight is 329 g/mol. The maximum absolute atomic E-state index is 12.2.